The average molecular weight is 276 g/mol. The van der Waals surface area contributed by atoms with Crippen molar-refractivity contribution in [1.29, 1.82) is 0 Å². The SMILES string of the molecule is CCOc1ccccc1C(=O)c1cc(Cl)ccc1N. The molecule has 0 saturated heterocycles. The molecule has 4 heteroatoms. The summed E-state index contributed by atoms with van der Waals surface area (Å²) in [4.78, 5) is 12.5. The molecule has 0 atom stereocenters. The van der Waals surface area contributed by atoms with Crippen LogP contribution in [0.4, 0.5) is 5.69 Å². The van der Waals surface area contributed by atoms with Crippen molar-refractivity contribution < 1.29 is 9.53 Å². The van der Waals surface area contributed by atoms with E-state index in [2.05, 4.69) is 0 Å². The van der Waals surface area contributed by atoms with E-state index in [1.165, 1.54) is 0 Å². The van der Waals surface area contributed by atoms with Gasteiger partial charge in [-0.1, -0.05) is 23.7 Å². The molecule has 0 fully saturated rings. The van der Waals surface area contributed by atoms with Crippen LogP contribution in [-0.2, 0) is 0 Å². The molecule has 0 unspecified atom stereocenters. The highest BCUT2D eigenvalue weighted by Gasteiger charge is 2.16. The summed E-state index contributed by atoms with van der Waals surface area (Å²) in [5.74, 6) is 0.360. The van der Waals surface area contributed by atoms with Crippen molar-refractivity contribution in [3.05, 3.63) is 58.6 Å². The predicted octanol–water partition coefficient (Wildman–Crippen LogP) is 3.55. The zero-order valence-corrected chi connectivity index (χ0v) is 11.3. The Bertz CT molecular complexity index is 611. The van der Waals surface area contributed by atoms with Crippen LogP contribution in [0, 0.1) is 0 Å². The lowest BCUT2D eigenvalue weighted by atomic mass is 10.0. The minimum absolute atomic E-state index is 0.191. The first kappa shape index (κ1) is 13.4. The van der Waals surface area contributed by atoms with Crippen LogP contribution in [0.2, 0.25) is 5.02 Å². The first-order chi connectivity index (χ1) is 9.13. The number of hydrogen-bond acceptors (Lipinski definition) is 3. The summed E-state index contributed by atoms with van der Waals surface area (Å²) in [7, 11) is 0. The van der Waals surface area contributed by atoms with Crippen molar-refractivity contribution in [2.24, 2.45) is 0 Å². The number of nitrogens with two attached hydrogens (primary N) is 1. The molecule has 0 radical (unpaired) electrons. The van der Waals surface area contributed by atoms with Crippen LogP contribution in [0.25, 0.3) is 0 Å². The number of carbonyl (C=O) groups excluding carboxylic acids is 1. The molecule has 0 heterocycles. The summed E-state index contributed by atoms with van der Waals surface area (Å²) in [5, 5.41) is 0.478. The Hall–Kier alpha value is -2.00. The van der Waals surface area contributed by atoms with E-state index in [0.29, 0.717) is 34.2 Å². The fourth-order valence-corrected chi connectivity index (χ4v) is 1.98. The minimum Gasteiger partial charge on any atom is -0.493 e. The van der Waals surface area contributed by atoms with Gasteiger partial charge in [-0.3, -0.25) is 4.79 Å². The van der Waals surface area contributed by atoms with Crippen molar-refractivity contribution in [2.75, 3.05) is 12.3 Å². The molecular formula is C15H14ClNO2. The average Bonchev–Trinajstić information content (AvgIpc) is 2.42. The second kappa shape index (κ2) is 5.76. The van der Waals surface area contributed by atoms with Crippen molar-refractivity contribution in [3.63, 3.8) is 0 Å². The van der Waals surface area contributed by atoms with Crippen LogP contribution in [0.5, 0.6) is 5.75 Å². The Morgan fingerprint density at radius 1 is 1.21 bits per heavy atom. The van der Waals surface area contributed by atoms with E-state index in [9.17, 15) is 4.79 Å². The third-order valence-electron chi connectivity index (χ3n) is 2.69. The summed E-state index contributed by atoms with van der Waals surface area (Å²) in [6, 6.07) is 11.9. The van der Waals surface area contributed by atoms with E-state index in [0.717, 1.165) is 0 Å². The Morgan fingerprint density at radius 2 is 1.95 bits per heavy atom. The summed E-state index contributed by atoms with van der Waals surface area (Å²) in [5.41, 5.74) is 7.11. The lowest BCUT2D eigenvalue weighted by Gasteiger charge is -2.10. The van der Waals surface area contributed by atoms with Gasteiger partial charge < -0.3 is 10.5 Å². The first-order valence-electron chi connectivity index (χ1n) is 5.95. The van der Waals surface area contributed by atoms with Crippen molar-refractivity contribution in [3.8, 4) is 5.75 Å². The number of ketones is 1. The number of ether oxygens (including phenoxy) is 1. The molecular weight excluding hydrogens is 262 g/mol. The van der Waals surface area contributed by atoms with Crippen molar-refractivity contribution in [2.45, 2.75) is 6.92 Å². The van der Waals surface area contributed by atoms with Gasteiger partial charge in [0.25, 0.3) is 0 Å². The Kier molecular flexibility index (Phi) is 4.07. The number of para-hydroxylation sites is 1. The second-order valence-electron chi connectivity index (χ2n) is 3.99. The summed E-state index contributed by atoms with van der Waals surface area (Å²) >= 11 is 5.91. The number of rotatable bonds is 4. The Morgan fingerprint density at radius 3 is 2.68 bits per heavy atom. The molecule has 19 heavy (non-hydrogen) atoms. The molecule has 0 aliphatic heterocycles. The standard InChI is InChI=1S/C15H14ClNO2/c1-2-19-14-6-4-3-5-11(14)15(18)12-9-10(16)7-8-13(12)17/h3-9H,2,17H2,1H3. The van der Waals surface area contributed by atoms with Crippen LogP contribution in [-0.4, -0.2) is 12.4 Å². The lowest BCUT2D eigenvalue weighted by Crippen LogP contribution is -2.08. The number of anilines is 1. The summed E-state index contributed by atoms with van der Waals surface area (Å²) in [6.45, 7) is 2.37. The van der Waals surface area contributed by atoms with Gasteiger partial charge in [0.2, 0.25) is 0 Å². The molecule has 0 saturated carbocycles. The van der Waals surface area contributed by atoms with E-state index in [-0.39, 0.29) is 5.78 Å². The van der Waals surface area contributed by atoms with E-state index >= 15 is 0 Å². The molecule has 98 valence electrons. The highest BCUT2D eigenvalue weighted by atomic mass is 35.5. The van der Waals surface area contributed by atoms with Gasteiger partial charge in [0.05, 0.1) is 12.2 Å². The van der Waals surface area contributed by atoms with E-state index in [1.807, 2.05) is 13.0 Å². The van der Waals surface area contributed by atoms with Gasteiger partial charge in [-0.15, -0.1) is 0 Å². The zero-order valence-electron chi connectivity index (χ0n) is 10.5. The van der Waals surface area contributed by atoms with Crippen molar-refractivity contribution in [1.82, 2.24) is 0 Å². The summed E-state index contributed by atoms with van der Waals surface area (Å²) in [6.07, 6.45) is 0. The number of hydrogen-bond donors (Lipinski definition) is 1. The number of benzene rings is 2. The van der Waals surface area contributed by atoms with Crippen LogP contribution < -0.4 is 10.5 Å². The quantitative estimate of drug-likeness (QED) is 0.686. The largest absolute Gasteiger partial charge is 0.493 e. The zero-order chi connectivity index (χ0) is 13.8. The van der Waals surface area contributed by atoms with Crippen LogP contribution in [0.1, 0.15) is 22.8 Å². The van der Waals surface area contributed by atoms with Gasteiger partial charge in [0, 0.05) is 16.3 Å². The highest BCUT2D eigenvalue weighted by Crippen LogP contribution is 2.26. The molecule has 2 N–H and O–H groups in total. The van der Waals surface area contributed by atoms with Gasteiger partial charge in [-0.2, -0.15) is 0 Å². The number of carbonyl (C=O) groups is 1. The number of nitrogen functional groups attached to an aromatic ring is 1. The topological polar surface area (TPSA) is 52.3 Å². The minimum atomic E-state index is -0.191. The molecule has 3 nitrogen and oxygen atoms in total. The molecule has 0 spiro atoms. The highest BCUT2D eigenvalue weighted by molar-refractivity contribution is 6.31. The maximum absolute atomic E-state index is 12.5. The van der Waals surface area contributed by atoms with Crippen LogP contribution in [0.15, 0.2) is 42.5 Å². The molecule has 0 aliphatic carbocycles. The van der Waals surface area contributed by atoms with E-state index in [1.54, 1.807) is 36.4 Å². The molecule has 0 aliphatic rings. The molecule has 2 aromatic rings. The fraction of sp³-hybridized carbons (Fsp3) is 0.133. The van der Waals surface area contributed by atoms with E-state index < -0.39 is 0 Å². The summed E-state index contributed by atoms with van der Waals surface area (Å²) < 4.78 is 5.46. The van der Waals surface area contributed by atoms with Gasteiger partial charge in [0.1, 0.15) is 5.75 Å². The smallest absolute Gasteiger partial charge is 0.198 e. The molecule has 0 aromatic heterocycles. The third-order valence-corrected chi connectivity index (χ3v) is 2.93. The molecule has 0 bridgehead atoms. The third kappa shape index (κ3) is 2.88. The lowest BCUT2D eigenvalue weighted by molar-refractivity contribution is 0.103. The van der Waals surface area contributed by atoms with Gasteiger partial charge in [-0.05, 0) is 37.3 Å². The second-order valence-corrected chi connectivity index (χ2v) is 4.43. The fourth-order valence-electron chi connectivity index (χ4n) is 1.81. The Labute approximate surface area is 117 Å². The Balaban J connectivity index is 2.47. The molecule has 2 rings (SSSR count). The van der Waals surface area contributed by atoms with Gasteiger partial charge in [-0.25, -0.2) is 0 Å². The van der Waals surface area contributed by atoms with Crippen molar-refractivity contribution >= 4 is 23.1 Å². The van der Waals surface area contributed by atoms with Gasteiger partial charge in [0.15, 0.2) is 5.78 Å². The molecule has 0 amide bonds. The number of halogens is 1. The normalized spacial score (nSPS) is 10.2. The van der Waals surface area contributed by atoms with E-state index in [4.69, 9.17) is 22.1 Å². The maximum Gasteiger partial charge on any atom is 0.198 e. The first-order valence-corrected chi connectivity index (χ1v) is 6.33. The predicted molar refractivity (Wildman–Crippen MR) is 76.9 cm³/mol. The van der Waals surface area contributed by atoms with Crippen LogP contribution >= 0.6 is 11.6 Å². The monoisotopic (exact) mass is 275 g/mol. The van der Waals surface area contributed by atoms with Crippen LogP contribution in [0.3, 0.4) is 0 Å². The van der Waals surface area contributed by atoms with Gasteiger partial charge >= 0.3 is 0 Å². The molecule has 2 aromatic carbocycles. The maximum atomic E-state index is 12.5.